The molecule has 2 atom stereocenters. The van der Waals surface area contributed by atoms with Crippen molar-refractivity contribution in [3.63, 3.8) is 0 Å². The molecule has 2 heterocycles. The van der Waals surface area contributed by atoms with E-state index in [1.54, 1.807) is 20.3 Å². The maximum absolute atomic E-state index is 13.5. The fraction of sp³-hybridized carbons (Fsp3) is 0.292. The molecule has 8 nitrogen and oxygen atoms in total. The number of ketones is 1. The van der Waals surface area contributed by atoms with Crippen LogP contribution >= 0.6 is 0 Å². The lowest BCUT2D eigenvalue weighted by Crippen LogP contribution is -2.33. The van der Waals surface area contributed by atoms with Crippen molar-refractivity contribution in [3.05, 3.63) is 70.4 Å². The van der Waals surface area contributed by atoms with Gasteiger partial charge < -0.3 is 20.5 Å². The molecule has 0 spiro atoms. The van der Waals surface area contributed by atoms with Gasteiger partial charge in [-0.3, -0.25) is 4.79 Å². The van der Waals surface area contributed by atoms with Crippen LogP contribution in [-0.2, 0) is 11.0 Å². The summed E-state index contributed by atoms with van der Waals surface area (Å²) in [6.45, 7) is 0. The van der Waals surface area contributed by atoms with Crippen molar-refractivity contribution in [1.82, 2.24) is 14.8 Å². The summed E-state index contributed by atoms with van der Waals surface area (Å²) in [4.78, 5) is 17.7. The third-order valence-corrected chi connectivity index (χ3v) is 6.37. The summed E-state index contributed by atoms with van der Waals surface area (Å²) in [6, 6.07) is 9.50. The number of methoxy groups -OCH3 is 2. The Labute approximate surface area is 198 Å². The van der Waals surface area contributed by atoms with E-state index in [0.29, 0.717) is 40.7 Å². The number of halogens is 3. The van der Waals surface area contributed by atoms with Crippen LogP contribution in [-0.4, -0.2) is 34.8 Å². The first-order chi connectivity index (χ1) is 16.7. The second-order valence-corrected chi connectivity index (χ2v) is 8.42. The Kier molecular flexibility index (Phi) is 5.42. The monoisotopic (exact) mass is 485 g/mol. The Bertz CT molecular complexity index is 1330. The lowest BCUT2D eigenvalue weighted by Gasteiger charge is -2.35. The summed E-state index contributed by atoms with van der Waals surface area (Å²) in [7, 11) is 3.09. The largest absolute Gasteiger partial charge is 0.493 e. The van der Waals surface area contributed by atoms with Crippen molar-refractivity contribution in [2.24, 2.45) is 0 Å². The van der Waals surface area contributed by atoms with Crippen molar-refractivity contribution in [3.8, 4) is 11.5 Å². The summed E-state index contributed by atoms with van der Waals surface area (Å²) < 4.78 is 51.5. The highest BCUT2D eigenvalue weighted by molar-refractivity contribution is 6.00. The number of alkyl halides is 3. The lowest BCUT2D eigenvalue weighted by atomic mass is 9.78. The first-order valence-electron chi connectivity index (χ1n) is 10.8. The van der Waals surface area contributed by atoms with Crippen LogP contribution in [0, 0.1) is 0 Å². The number of carbonyl (C=O) groups is 1. The second-order valence-electron chi connectivity index (χ2n) is 8.42. The van der Waals surface area contributed by atoms with Crippen LogP contribution in [0.1, 0.15) is 41.5 Å². The maximum atomic E-state index is 13.5. The van der Waals surface area contributed by atoms with Gasteiger partial charge in [-0.15, -0.1) is 5.10 Å². The van der Waals surface area contributed by atoms with E-state index in [1.807, 2.05) is 12.1 Å². The number of aromatic nitrogens is 3. The molecule has 0 radical (unpaired) electrons. The molecule has 0 saturated heterocycles. The van der Waals surface area contributed by atoms with Gasteiger partial charge in [0.05, 0.1) is 19.8 Å². The zero-order valence-electron chi connectivity index (χ0n) is 18.9. The molecule has 2 aromatic carbocycles. The summed E-state index contributed by atoms with van der Waals surface area (Å²) in [5, 5.41) is 7.38. The molecule has 3 aromatic rings. The van der Waals surface area contributed by atoms with Gasteiger partial charge in [0.2, 0.25) is 11.9 Å². The third kappa shape index (κ3) is 3.96. The average molecular weight is 485 g/mol. The van der Waals surface area contributed by atoms with Gasteiger partial charge in [-0.05, 0) is 47.7 Å². The van der Waals surface area contributed by atoms with Gasteiger partial charge in [0.1, 0.15) is 6.04 Å². The molecule has 1 aliphatic carbocycles. The molecular formula is C24H22F3N5O3. The fourth-order valence-corrected chi connectivity index (χ4v) is 4.73. The number of allylic oxidation sites excluding steroid dienone is 2. The number of rotatable bonds is 4. The van der Waals surface area contributed by atoms with Gasteiger partial charge in [-0.25, -0.2) is 4.68 Å². The molecule has 0 bridgehead atoms. The van der Waals surface area contributed by atoms with Gasteiger partial charge in [-0.1, -0.05) is 18.2 Å². The molecule has 0 saturated carbocycles. The zero-order valence-corrected chi connectivity index (χ0v) is 18.9. The van der Waals surface area contributed by atoms with Crippen molar-refractivity contribution in [2.75, 3.05) is 25.3 Å². The number of anilines is 2. The minimum atomic E-state index is -4.47. The first-order valence-corrected chi connectivity index (χ1v) is 10.8. The summed E-state index contributed by atoms with van der Waals surface area (Å²) >= 11 is 0. The SMILES string of the molecule is COc1ccc([C@H]2CC(=O)C3=C(C2)Nc2nc(N)nn2[C@H]3c2ccc(C(F)(F)F)cc2)cc1OC. The number of hydrogen-bond acceptors (Lipinski definition) is 7. The first kappa shape index (κ1) is 22.8. The molecule has 1 aromatic heterocycles. The molecule has 0 fully saturated rings. The van der Waals surface area contributed by atoms with Gasteiger partial charge in [0.15, 0.2) is 17.3 Å². The van der Waals surface area contributed by atoms with Crippen LogP contribution in [0.15, 0.2) is 53.7 Å². The van der Waals surface area contributed by atoms with E-state index in [4.69, 9.17) is 15.2 Å². The molecule has 3 N–H and O–H groups in total. The molecule has 35 heavy (non-hydrogen) atoms. The molecule has 11 heteroatoms. The molecule has 0 amide bonds. The smallest absolute Gasteiger partial charge is 0.416 e. The number of nitrogens with two attached hydrogens (primary N) is 1. The van der Waals surface area contributed by atoms with E-state index in [2.05, 4.69) is 15.4 Å². The van der Waals surface area contributed by atoms with Crippen LogP contribution in [0.25, 0.3) is 0 Å². The number of nitrogen functional groups attached to an aromatic ring is 1. The fourth-order valence-electron chi connectivity index (χ4n) is 4.73. The minimum Gasteiger partial charge on any atom is -0.493 e. The number of ether oxygens (including phenoxy) is 2. The lowest BCUT2D eigenvalue weighted by molar-refractivity contribution is -0.137. The number of nitrogens with one attached hydrogen (secondary N) is 1. The van der Waals surface area contributed by atoms with Crippen molar-refractivity contribution in [2.45, 2.75) is 31.0 Å². The standard InChI is InChI=1S/C24H22F3N5O3/c1-34-18-8-5-13(11-19(18)35-2)14-9-16-20(17(33)10-14)21(32-23(29-16)30-22(28)31-32)12-3-6-15(7-4-12)24(25,26)27/h3-8,11,14,21H,9-10H2,1-2H3,(H3,28,29,30,31)/t14-,21+/m1/s1. The number of Topliss-reactive ketones (excluding diaryl/α,β-unsaturated/α-hetero) is 1. The Balaban J connectivity index is 1.55. The van der Waals surface area contributed by atoms with Crippen molar-refractivity contribution >= 4 is 17.7 Å². The number of nitrogens with zero attached hydrogens (tertiary/aromatic N) is 3. The molecule has 2 aliphatic rings. The minimum absolute atomic E-state index is 0.00634. The normalized spacial score (nSPS) is 19.6. The van der Waals surface area contributed by atoms with Gasteiger partial charge in [-0.2, -0.15) is 18.2 Å². The number of hydrogen-bond donors (Lipinski definition) is 2. The maximum Gasteiger partial charge on any atom is 0.416 e. The predicted molar refractivity (Wildman–Crippen MR) is 121 cm³/mol. The van der Waals surface area contributed by atoms with Gasteiger partial charge in [0, 0.05) is 17.7 Å². The van der Waals surface area contributed by atoms with Crippen molar-refractivity contribution < 1.29 is 27.4 Å². The average Bonchev–Trinajstić information content (AvgIpc) is 3.21. The van der Waals surface area contributed by atoms with Crippen LogP contribution in [0.2, 0.25) is 0 Å². The Morgan fingerprint density at radius 2 is 1.71 bits per heavy atom. The van der Waals surface area contributed by atoms with E-state index < -0.39 is 17.8 Å². The summed E-state index contributed by atoms with van der Waals surface area (Å²) in [5.74, 6) is 1.18. The highest BCUT2D eigenvalue weighted by Gasteiger charge is 2.40. The molecule has 1 aliphatic heterocycles. The van der Waals surface area contributed by atoms with E-state index >= 15 is 0 Å². The highest BCUT2D eigenvalue weighted by atomic mass is 19.4. The Hall–Kier alpha value is -4.02. The van der Waals surface area contributed by atoms with Crippen LogP contribution < -0.4 is 20.5 Å². The second kappa shape index (κ2) is 8.33. The van der Waals surface area contributed by atoms with E-state index in [9.17, 15) is 18.0 Å². The highest BCUT2D eigenvalue weighted by Crippen LogP contribution is 2.45. The molecule has 5 rings (SSSR count). The zero-order chi connectivity index (χ0) is 24.9. The molecule has 182 valence electrons. The van der Waals surface area contributed by atoms with Crippen LogP contribution in [0.3, 0.4) is 0 Å². The molecular weight excluding hydrogens is 463 g/mol. The number of benzene rings is 2. The van der Waals surface area contributed by atoms with Crippen LogP contribution in [0.5, 0.6) is 11.5 Å². The Morgan fingerprint density at radius 3 is 2.37 bits per heavy atom. The summed E-state index contributed by atoms with van der Waals surface area (Å²) in [5.41, 5.74) is 7.52. The quantitative estimate of drug-likeness (QED) is 0.567. The number of carbonyl (C=O) groups excluding carboxylic acids is 1. The third-order valence-electron chi connectivity index (χ3n) is 6.37. The Morgan fingerprint density at radius 1 is 1.03 bits per heavy atom. The van der Waals surface area contributed by atoms with Crippen LogP contribution in [0.4, 0.5) is 25.1 Å². The van der Waals surface area contributed by atoms with E-state index in [1.165, 1.54) is 16.8 Å². The van der Waals surface area contributed by atoms with Gasteiger partial charge >= 0.3 is 6.18 Å². The van der Waals surface area contributed by atoms with E-state index in [0.717, 1.165) is 17.7 Å². The summed E-state index contributed by atoms with van der Waals surface area (Å²) in [6.07, 6.45) is -3.76. The van der Waals surface area contributed by atoms with Gasteiger partial charge in [0.25, 0.3) is 0 Å². The number of fused-ring (bicyclic) bond motifs is 1. The van der Waals surface area contributed by atoms with E-state index in [-0.39, 0.29) is 24.1 Å². The van der Waals surface area contributed by atoms with Crippen molar-refractivity contribution in [1.29, 1.82) is 0 Å². The predicted octanol–water partition coefficient (Wildman–Crippen LogP) is 4.31. The molecule has 0 unspecified atom stereocenters. The topological polar surface area (TPSA) is 104 Å².